The normalized spacial score (nSPS) is 15.0. The van der Waals surface area contributed by atoms with Gasteiger partial charge in [0.2, 0.25) is 5.78 Å². The molecule has 0 radical (unpaired) electrons. The standard InChI is InChI=1S/C15H18O2/c1-2-3-4-8-12-10-11-7-5-6-9-13(11)15(17)14(12)16/h5-7,9,16H,2-4,8,10H2,1H3. The first-order chi connectivity index (χ1) is 8.24. The lowest BCUT2D eigenvalue weighted by Gasteiger charge is -2.18. The van der Waals surface area contributed by atoms with Crippen molar-refractivity contribution in [2.45, 2.75) is 39.0 Å². The molecule has 0 fully saturated rings. The zero-order chi connectivity index (χ0) is 12.3. The SMILES string of the molecule is CCCCCC1=C(O)C(=O)c2ccccc2C1. The third kappa shape index (κ3) is 2.41. The first-order valence-electron chi connectivity index (χ1n) is 6.27. The van der Waals surface area contributed by atoms with Gasteiger partial charge in [0, 0.05) is 5.56 Å². The Bertz CT molecular complexity index is 458. The van der Waals surface area contributed by atoms with E-state index >= 15 is 0 Å². The van der Waals surface area contributed by atoms with Crippen molar-refractivity contribution in [1.82, 2.24) is 0 Å². The van der Waals surface area contributed by atoms with Gasteiger partial charge in [0.15, 0.2) is 5.76 Å². The summed E-state index contributed by atoms with van der Waals surface area (Å²) < 4.78 is 0. The monoisotopic (exact) mass is 230 g/mol. The van der Waals surface area contributed by atoms with Gasteiger partial charge in [0.25, 0.3) is 0 Å². The van der Waals surface area contributed by atoms with Gasteiger partial charge < -0.3 is 5.11 Å². The van der Waals surface area contributed by atoms with Crippen LogP contribution in [0, 0.1) is 0 Å². The molecular formula is C15H18O2. The van der Waals surface area contributed by atoms with Gasteiger partial charge in [-0.15, -0.1) is 0 Å². The van der Waals surface area contributed by atoms with Gasteiger partial charge >= 0.3 is 0 Å². The molecule has 0 spiro atoms. The number of fused-ring (bicyclic) bond motifs is 1. The first-order valence-corrected chi connectivity index (χ1v) is 6.27. The molecule has 0 unspecified atom stereocenters. The van der Waals surface area contributed by atoms with Crippen LogP contribution in [0.15, 0.2) is 35.6 Å². The summed E-state index contributed by atoms with van der Waals surface area (Å²) in [5.74, 6) is -0.224. The molecule has 2 heteroatoms. The van der Waals surface area contributed by atoms with Crippen molar-refractivity contribution in [3.63, 3.8) is 0 Å². The molecule has 90 valence electrons. The van der Waals surface area contributed by atoms with E-state index in [1.54, 1.807) is 6.07 Å². The Kier molecular flexibility index (Phi) is 3.62. The molecule has 0 aromatic heterocycles. The number of hydrogen-bond donors (Lipinski definition) is 1. The maximum atomic E-state index is 12.0. The predicted molar refractivity (Wildman–Crippen MR) is 68.3 cm³/mol. The van der Waals surface area contributed by atoms with Crippen molar-refractivity contribution in [3.8, 4) is 0 Å². The van der Waals surface area contributed by atoms with Crippen LogP contribution in [0.5, 0.6) is 0 Å². The molecule has 0 heterocycles. The molecule has 1 aromatic carbocycles. The maximum absolute atomic E-state index is 12.0. The van der Waals surface area contributed by atoms with Gasteiger partial charge in [-0.05, 0) is 30.4 Å². The number of unbranched alkanes of at least 4 members (excludes halogenated alkanes) is 2. The van der Waals surface area contributed by atoms with Crippen LogP contribution < -0.4 is 0 Å². The Balaban J connectivity index is 2.19. The van der Waals surface area contributed by atoms with E-state index in [1.165, 1.54) is 0 Å². The zero-order valence-corrected chi connectivity index (χ0v) is 10.2. The molecule has 0 aliphatic heterocycles. The Labute approximate surface area is 102 Å². The van der Waals surface area contributed by atoms with Gasteiger partial charge in [-0.3, -0.25) is 4.79 Å². The van der Waals surface area contributed by atoms with Crippen LogP contribution in [0.2, 0.25) is 0 Å². The second-order valence-corrected chi connectivity index (χ2v) is 4.57. The minimum atomic E-state index is -0.210. The quantitative estimate of drug-likeness (QED) is 0.798. The van der Waals surface area contributed by atoms with Crippen molar-refractivity contribution in [2.24, 2.45) is 0 Å². The third-order valence-electron chi connectivity index (χ3n) is 3.30. The number of carbonyl (C=O) groups excluding carboxylic acids is 1. The van der Waals surface area contributed by atoms with Crippen LogP contribution in [0.4, 0.5) is 0 Å². The van der Waals surface area contributed by atoms with E-state index < -0.39 is 0 Å². The van der Waals surface area contributed by atoms with Crippen molar-refractivity contribution >= 4 is 5.78 Å². The fourth-order valence-corrected chi connectivity index (χ4v) is 2.29. The maximum Gasteiger partial charge on any atom is 0.227 e. The molecule has 1 N–H and O–H groups in total. The highest BCUT2D eigenvalue weighted by Gasteiger charge is 2.24. The second-order valence-electron chi connectivity index (χ2n) is 4.57. The Morgan fingerprint density at radius 2 is 2.00 bits per heavy atom. The molecule has 0 saturated heterocycles. The van der Waals surface area contributed by atoms with E-state index in [-0.39, 0.29) is 11.5 Å². The van der Waals surface area contributed by atoms with Gasteiger partial charge in [0.1, 0.15) is 0 Å². The number of aliphatic hydroxyl groups is 1. The smallest absolute Gasteiger partial charge is 0.227 e. The first kappa shape index (κ1) is 11.9. The molecule has 0 amide bonds. The molecule has 0 saturated carbocycles. The molecule has 1 aliphatic carbocycles. The van der Waals surface area contributed by atoms with Crippen molar-refractivity contribution < 1.29 is 9.90 Å². The van der Waals surface area contributed by atoms with Crippen LogP contribution in [0.1, 0.15) is 48.5 Å². The summed E-state index contributed by atoms with van der Waals surface area (Å²) in [6, 6.07) is 7.54. The van der Waals surface area contributed by atoms with Crippen LogP contribution in [-0.2, 0) is 6.42 Å². The Morgan fingerprint density at radius 3 is 2.76 bits per heavy atom. The van der Waals surface area contributed by atoms with Crippen LogP contribution in [-0.4, -0.2) is 10.9 Å². The number of hydrogen-bond acceptors (Lipinski definition) is 2. The highest BCUT2D eigenvalue weighted by atomic mass is 16.3. The highest BCUT2D eigenvalue weighted by molar-refractivity contribution is 6.09. The van der Waals surface area contributed by atoms with Gasteiger partial charge in [-0.25, -0.2) is 0 Å². The molecular weight excluding hydrogens is 212 g/mol. The molecule has 0 bridgehead atoms. The lowest BCUT2D eigenvalue weighted by Crippen LogP contribution is -2.16. The molecule has 1 aromatic rings. The lowest BCUT2D eigenvalue weighted by molar-refractivity contribution is 0.0969. The second kappa shape index (κ2) is 5.17. The number of carbonyl (C=O) groups is 1. The predicted octanol–water partition coefficient (Wildman–Crippen LogP) is 3.82. The minimum absolute atomic E-state index is 0.0141. The van der Waals surface area contributed by atoms with Gasteiger partial charge in [0.05, 0.1) is 0 Å². The fourth-order valence-electron chi connectivity index (χ4n) is 2.29. The fraction of sp³-hybridized carbons (Fsp3) is 0.400. The van der Waals surface area contributed by atoms with Crippen molar-refractivity contribution in [2.75, 3.05) is 0 Å². The van der Waals surface area contributed by atoms with Gasteiger partial charge in [-0.2, -0.15) is 0 Å². The summed E-state index contributed by atoms with van der Waals surface area (Å²) >= 11 is 0. The topological polar surface area (TPSA) is 37.3 Å². The molecule has 2 rings (SSSR count). The minimum Gasteiger partial charge on any atom is -0.504 e. The van der Waals surface area contributed by atoms with E-state index in [0.717, 1.165) is 43.2 Å². The number of allylic oxidation sites excluding steroid dienone is 2. The van der Waals surface area contributed by atoms with Crippen LogP contribution in [0.25, 0.3) is 0 Å². The summed E-state index contributed by atoms with van der Waals surface area (Å²) in [6.07, 6.45) is 4.90. The summed E-state index contributed by atoms with van der Waals surface area (Å²) in [5, 5.41) is 9.91. The molecule has 0 atom stereocenters. The molecule has 2 nitrogen and oxygen atoms in total. The van der Waals surface area contributed by atoms with Crippen molar-refractivity contribution in [1.29, 1.82) is 0 Å². The Hall–Kier alpha value is -1.57. The molecule has 1 aliphatic rings. The number of rotatable bonds is 4. The summed E-state index contributed by atoms with van der Waals surface area (Å²) in [5.41, 5.74) is 2.60. The number of Topliss-reactive ketones (excluding diaryl/α,β-unsaturated/α-hetero) is 1. The number of benzene rings is 1. The number of ketones is 1. The molecule has 17 heavy (non-hydrogen) atoms. The van der Waals surface area contributed by atoms with E-state index in [1.807, 2.05) is 18.2 Å². The van der Waals surface area contributed by atoms with E-state index in [4.69, 9.17) is 0 Å². The van der Waals surface area contributed by atoms with E-state index in [9.17, 15) is 9.90 Å². The van der Waals surface area contributed by atoms with Crippen LogP contribution >= 0.6 is 0 Å². The summed E-state index contributed by atoms with van der Waals surface area (Å²) in [7, 11) is 0. The summed E-state index contributed by atoms with van der Waals surface area (Å²) in [4.78, 5) is 12.0. The van der Waals surface area contributed by atoms with Crippen LogP contribution in [0.3, 0.4) is 0 Å². The average Bonchev–Trinajstić information content (AvgIpc) is 2.35. The van der Waals surface area contributed by atoms with E-state index in [2.05, 4.69) is 6.92 Å². The average molecular weight is 230 g/mol. The van der Waals surface area contributed by atoms with E-state index in [0.29, 0.717) is 5.56 Å². The third-order valence-corrected chi connectivity index (χ3v) is 3.30. The lowest BCUT2D eigenvalue weighted by atomic mass is 9.87. The van der Waals surface area contributed by atoms with Gasteiger partial charge in [-0.1, -0.05) is 44.0 Å². The number of aliphatic hydroxyl groups excluding tert-OH is 1. The highest BCUT2D eigenvalue weighted by Crippen LogP contribution is 2.27. The largest absolute Gasteiger partial charge is 0.504 e. The zero-order valence-electron chi connectivity index (χ0n) is 10.2. The summed E-state index contributed by atoms with van der Waals surface area (Å²) in [6.45, 7) is 2.15. The van der Waals surface area contributed by atoms with Crippen molar-refractivity contribution in [3.05, 3.63) is 46.7 Å². The Morgan fingerprint density at radius 1 is 1.24 bits per heavy atom.